The van der Waals surface area contributed by atoms with Gasteiger partial charge in [0.25, 0.3) is 0 Å². The quantitative estimate of drug-likeness (QED) is 0.874. The minimum atomic E-state index is 0.138. The van der Waals surface area contributed by atoms with Gasteiger partial charge < -0.3 is 10.2 Å². The summed E-state index contributed by atoms with van der Waals surface area (Å²) in [7, 11) is 0. The van der Waals surface area contributed by atoms with Gasteiger partial charge in [-0.05, 0) is 18.7 Å². The topological polar surface area (TPSA) is 32.3 Å². The average Bonchev–Trinajstić information content (AvgIpc) is 2.61. The number of benzene rings is 1. The maximum absolute atomic E-state index is 11.8. The molecule has 2 rings (SSSR count). The lowest BCUT2D eigenvalue weighted by atomic mass is 10.2. The molecular formula is C12H15ClN2O. The Hall–Kier alpha value is -1.06. The molecule has 1 aliphatic rings. The van der Waals surface area contributed by atoms with Gasteiger partial charge >= 0.3 is 0 Å². The molecule has 0 radical (unpaired) electrons. The van der Waals surface area contributed by atoms with Gasteiger partial charge in [-0.15, -0.1) is 0 Å². The number of nitrogens with one attached hydrogen (secondary N) is 1. The average molecular weight is 239 g/mol. The first-order valence-electron chi connectivity index (χ1n) is 5.50. The van der Waals surface area contributed by atoms with Gasteiger partial charge in [0.05, 0.1) is 10.7 Å². The van der Waals surface area contributed by atoms with Crippen LogP contribution in [0.1, 0.15) is 13.3 Å². The number of amides is 1. The molecule has 16 heavy (non-hydrogen) atoms. The third kappa shape index (κ3) is 2.20. The number of halogens is 1. The van der Waals surface area contributed by atoms with Crippen LogP contribution in [0.3, 0.4) is 0 Å². The second-order valence-electron chi connectivity index (χ2n) is 3.91. The summed E-state index contributed by atoms with van der Waals surface area (Å²) in [5.41, 5.74) is 0.814. The highest BCUT2D eigenvalue weighted by Gasteiger charge is 2.30. The van der Waals surface area contributed by atoms with Crippen LogP contribution >= 0.6 is 11.6 Å². The summed E-state index contributed by atoms with van der Waals surface area (Å²) < 4.78 is 0. The molecule has 1 fully saturated rings. The first-order valence-corrected chi connectivity index (χ1v) is 5.88. The summed E-state index contributed by atoms with van der Waals surface area (Å²) in [6.45, 7) is 3.63. The van der Waals surface area contributed by atoms with Crippen LogP contribution in [-0.2, 0) is 4.79 Å². The lowest BCUT2D eigenvalue weighted by molar-refractivity contribution is -0.117. The molecule has 0 spiro atoms. The first kappa shape index (κ1) is 11.4. The van der Waals surface area contributed by atoms with E-state index in [4.69, 9.17) is 11.6 Å². The van der Waals surface area contributed by atoms with Crippen LogP contribution in [0, 0.1) is 0 Å². The van der Waals surface area contributed by atoms with Gasteiger partial charge in [-0.1, -0.05) is 30.7 Å². The van der Waals surface area contributed by atoms with Crippen molar-refractivity contribution in [2.75, 3.05) is 18.0 Å². The van der Waals surface area contributed by atoms with Crippen LogP contribution in [0.4, 0.5) is 5.69 Å². The zero-order chi connectivity index (χ0) is 11.5. The molecular weight excluding hydrogens is 224 g/mol. The molecule has 0 saturated carbocycles. The normalized spacial score (nSPS) is 20.5. The maximum Gasteiger partial charge on any atom is 0.228 e. The Balaban J connectivity index is 2.17. The van der Waals surface area contributed by atoms with E-state index in [1.165, 1.54) is 0 Å². The molecule has 1 heterocycles. The molecule has 1 aromatic carbocycles. The number of rotatable bonds is 3. The van der Waals surface area contributed by atoms with E-state index in [-0.39, 0.29) is 11.9 Å². The van der Waals surface area contributed by atoms with Gasteiger partial charge in [-0.2, -0.15) is 0 Å². The fraction of sp³-hybridized carbons (Fsp3) is 0.417. The summed E-state index contributed by atoms with van der Waals surface area (Å²) in [6, 6.07) is 7.71. The molecule has 4 heteroatoms. The number of carbonyl (C=O) groups excluding carboxylic acids is 1. The molecule has 0 aromatic heterocycles. The van der Waals surface area contributed by atoms with Crippen LogP contribution in [0.25, 0.3) is 0 Å². The van der Waals surface area contributed by atoms with Crippen molar-refractivity contribution >= 4 is 23.2 Å². The number of hydrogen-bond donors (Lipinski definition) is 1. The third-order valence-electron chi connectivity index (χ3n) is 2.76. The molecule has 0 aliphatic carbocycles. The van der Waals surface area contributed by atoms with E-state index >= 15 is 0 Å². The minimum absolute atomic E-state index is 0.138. The molecule has 1 unspecified atom stereocenters. The van der Waals surface area contributed by atoms with Crippen molar-refractivity contribution in [2.24, 2.45) is 0 Å². The van der Waals surface area contributed by atoms with Crippen molar-refractivity contribution in [3.8, 4) is 0 Å². The molecule has 1 aromatic rings. The van der Waals surface area contributed by atoms with Gasteiger partial charge in [0.1, 0.15) is 0 Å². The highest BCUT2D eigenvalue weighted by molar-refractivity contribution is 6.33. The third-order valence-corrected chi connectivity index (χ3v) is 3.08. The molecule has 1 aliphatic heterocycles. The molecule has 1 atom stereocenters. The summed E-state index contributed by atoms with van der Waals surface area (Å²) in [5.74, 6) is 0.138. The van der Waals surface area contributed by atoms with Gasteiger partial charge in [0.15, 0.2) is 0 Å². The fourth-order valence-electron chi connectivity index (χ4n) is 2.04. The predicted octanol–water partition coefficient (Wildman–Crippen LogP) is 2.05. The first-order chi connectivity index (χ1) is 7.72. The van der Waals surface area contributed by atoms with Crippen molar-refractivity contribution in [3.05, 3.63) is 29.3 Å². The van der Waals surface area contributed by atoms with Crippen molar-refractivity contribution in [3.63, 3.8) is 0 Å². The Bertz CT molecular complexity index is 394. The molecule has 1 saturated heterocycles. The number of nitrogens with zero attached hydrogens (tertiary/aromatic N) is 1. The van der Waals surface area contributed by atoms with Crippen molar-refractivity contribution < 1.29 is 4.79 Å². The Morgan fingerprint density at radius 2 is 2.25 bits per heavy atom. The fourth-order valence-corrected chi connectivity index (χ4v) is 2.27. The lowest BCUT2D eigenvalue weighted by Crippen LogP contribution is -2.32. The predicted molar refractivity (Wildman–Crippen MR) is 65.9 cm³/mol. The van der Waals surface area contributed by atoms with Crippen LogP contribution in [0.5, 0.6) is 0 Å². The zero-order valence-corrected chi connectivity index (χ0v) is 10.00. The zero-order valence-electron chi connectivity index (χ0n) is 9.24. The van der Waals surface area contributed by atoms with Crippen molar-refractivity contribution in [1.29, 1.82) is 0 Å². The summed E-state index contributed by atoms with van der Waals surface area (Å²) in [6.07, 6.45) is 0.555. The van der Waals surface area contributed by atoms with E-state index in [0.29, 0.717) is 18.0 Å². The summed E-state index contributed by atoms with van der Waals surface area (Å²) >= 11 is 6.08. The van der Waals surface area contributed by atoms with Crippen LogP contribution < -0.4 is 10.2 Å². The number of likely N-dealkylation sites (N-methyl/N-ethyl adjacent to an activating group) is 1. The van der Waals surface area contributed by atoms with E-state index in [2.05, 4.69) is 5.32 Å². The largest absolute Gasteiger partial charge is 0.312 e. The Morgan fingerprint density at radius 1 is 1.50 bits per heavy atom. The number of carbonyl (C=O) groups is 1. The smallest absolute Gasteiger partial charge is 0.228 e. The SMILES string of the molecule is CCNC1CC(=O)N(c2ccccc2Cl)C1. The van der Waals surface area contributed by atoms with E-state index in [0.717, 1.165) is 12.2 Å². The Labute approximate surface area is 100 Å². The summed E-state index contributed by atoms with van der Waals surface area (Å²) in [4.78, 5) is 13.6. The van der Waals surface area contributed by atoms with Gasteiger partial charge in [-0.25, -0.2) is 0 Å². The van der Waals surface area contributed by atoms with E-state index in [9.17, 15) is 4.79 Å². The second-order valence-corrected chi connectivity index (χ2v) is 4.32. The molecule has 3 nitrogen and oxygen atoms in total. The van der Waals surface area contributed by atoms with Crippen LogP contribution in [0.15, 0.2) is 24.3 Å². The van der Waals surface area contributed by atoms with Crippen LogP contribution in [-0.4, -0.2) is 25.0 Å². The van der Waals surface area contributed by atoms with Gasteiger partial charge in [0, 0.05) is 19.0 Å². The van der Waals surface area contributed by atoms with E-state index in [1.54, 1.807) is 4.90 Å². The van der Waals surface area contributed by atoms with Gasteiger partial charge in [-0.3, -0.25) is 4.79 Å². The van der Waals surface area contributed by atoms with Gasteiger partial charge in [0.2, 0.25) is 5.91 Å². The van der Waals surface area contributed by atoms with E-state index < -0.39 is 0 Å². The molecule has 1 N–H and O–H groups in total. The molecule has 86 valence electrons. The minimum Gasteiger partial charge on any atom is -0.312 e. The van der Waals surface area contributed by atoms with Crippen molar-refractivity contribution in [2.45, 2.75) is 19.4 Å². The van der Waals surface area contributed by atoms with E-state index in [1.807, 2.05) is 31.2 Å². The van der Waals surface area contributed by atoms with Crippen molar-refractivity contribution in [1.82, 2.24) is 5.32 Å². The number of anilines is 1. The van der Waals surface area contributed by atoms with Crippen LogP contribution in [0.2, 0.25) is 5.02 Å². The number of hydrogen-bond acceptors (Lipinski definition) is 2. The standard InChI is InChI=1S/C12H15ClN2O/c1-2-14-9-7-12(16)15(8-9)11-6-4-3-5-10(11)13/h3-6,9,14H,2,7-8H2,1H3. The highest BCUT2D eigenvalue weighted by atomic mass is 35.5. The monoisotopic (exact) mass is 238 g/mol. The Morgan fingerprint density at radius 3 is 2.94 bits per heavy atom. The molecule has 1 amide bonds. The highest BCUT2D eigenvalue weighted by Crippen LogP contribution is 2.28. The second kappa shape index (κ2) is 4.85. The maximum atomic E-state index is 11.8. The molecule has 0 bridgehead atoms. The lowest BCUT2D eigenvalue weighted by Gasteiger charge is -2.18. The summed E-state index contributed by atoms with van der Waals surface area (Å²) in [5, 5.41) is 3.92. The number of para-hydroxylation sites is 1. The Kier molecular flexibility index (Phi) is 3.46.